The number of hydrogen-bond acceptors (Lipinski definition) is 9. The number of carbonyl (C=O) groups is 1. The van der Waals surface area contributed by atoms with Crippen molar-refractivity contribution in [3.8, 4) is 11.5 Å². The van der Waals surface area contributed by atoms with Gasteiger partial charge in [0.25, 0.3) is 5.91 Å². The number of fused-ring (bicyclic) bond motifs is 1. The average Bonchev–Trinajstić information content (AvgIpc) is 2.98. The first-order chi connectivity index (χ1) is 19.5. The molecular formula is C29H31FN6O4. The lowest BCUT2D eigenvalue weighted by Crippen LogP contribution is -2.41. The number of ether oxygens (including phenoxy) is 3. The zero-order chi connectivity index (χ0) is 27.9. The van der Waals surface area contributed by atoms with Gasteiger partial charge < -0.3 is 35.9 Å². The Morgan fingerprint density at radius 3 is 2.77 bits per heavy atom. The van der Waals surface area contributed by atoms with E-state index in [4.69, 9.17) is 19.9 Å². The van der Waals surface area contributed by atoms with E-state index in [1.807, 2.05) is 12.1 Å². The number of carbonyl (C=O) groups excluding carboxylic acids is 1. The van der Waals surface area contributed by atoms with Crippen LogP contribution in [0.4, 0.5) is 27.3 Å². The first-order valence-electron chi connectivity index (χ1n) is 13.0. The van der Waals surface area contributed by atoms with Gasteiger partial charge in [0, 0.05) is 35.3 Å². The van der Waals surface area contributed by atoms with Crippen LogP contribution < -0.4 is 31.2 Å². The molecule has 2 heterocycles. The molecule has 0 aliphatic carbocycles. The number of nitrogen functional groups attached to an aromatic ring is 1. The summed E-state index contributed by atoms with van der Waals surface area (Å²) < 4.78 is 30.7. The van der Waals surface area contributed by atoms with Crippen LogP contribution in [0.5, 0.6) is 11.5 Å². The lowest BCUT2D eigenvalue weighted by atomic mass is 10.1. The molecule has 11 heteroatoms. The van der Waals surface area contributed by atoms with Crippen LogP contribution in [0.2, 0.25) is 0 Å². The van der Waals surface area contributed by atoms with Crippen molar-refractivity contribution >= 4 is 39.7 Å². The number of anilines is 4. The van der Waals surface area contributed by atoms with Crippen LogP contribution in [0.25, 0.3) is 10.9 Å². The van der Waals surface area contributed by atoms with Gasteiger partial charge in [-0.05, 0) is 61.4 Å². The minimum Gasteiger partial charge on any atom is -0.493 e. The fraction of sp³-hybridized carbons (Fsp3) is 0.276. The molecule has 1 saturated heterocycles. The third-order valence-electron chi connectivity index (χ3n) is 6.55. The predicted molar refractivity (Wildman–Crippen MR) is 152 cm³/mol. The maximum Gasteiger partial charge on any atom is 0.255 e. The Morgan fingerprint density at radius 2 is 2.00 bits per heavy atom. The van der Waals surface area contributed by atoms with Crippen molar-refractivity contribution in [2.45, 2.75) is 18.9 Å². The van der Waals surface area contributed by atoms with Gasteiger partial charge in [0.15, 0.2) is 11.5 Å². The summed E-state index contributed by atoms with van der Waals surface area (Å²) in [5, 5.41) is 10.1. The first-order valence-corrected chi connectivity index (χ1v) is 13.0. The smallest absolute Gasteiger partial charge is 0.255 e. The number of benzene rings is 3. The maximum atomic E-state index is 13.5. The Morgan fingerprint density at radius 1 is 1.15 bits per heavy atom. The monoisotopic (exact) mass is 546 g/mol. The van der Waals surface area contributed by atoms with E-state index in [1.165, 1.54) is 24.5 Å². The van der Waals surface area contributed by atoms with E-state index in [-0.39, 0.29) is 11.4 Å². The molecule has 1 aliphatic heterocycles. The minimum absolute atomic E-state index is 0.216. The number of morpholine rings is 1. The van der Waals surface area contributed by atoms with E-state index in [0.717, 1.165) is 38.0 Å². The fourth-order valence-electron chi connectivity index (χ4n) is 4.43. The fourth-order valence-corrected chi connectivity index (χ4v) is 4.43. The number of halogens is 1. The Labute approximate surface area is 231 Å². The van der Waals surface area contributed by atoms with Crippen molar-refractivity contribution in [2.75, 3.05) is 49.8 Å². The second-order valence-corrected chi connectivity index (χ2v) is 9.35. The number of nitrogens with zero attached hydrogens (tertiary/aromatic N) is 2. The number of rotatable bonds is 10. The molecule has 1 fully saturated rings. The molecule has 1 unspecified atom stereocenters. The van der Waals surface area contributed by atoms with Gasteiger partial charge in [0.05, 0.1) is 43.8 Å². The van der Waals surface area contributed by atoms with Gasteiger partial charge in [0.2, 0.25) is 0 Å². The van der Waals surface area contributed by atoms with E-state index in [9.17, 15) is 9.18 Å². The van der Waals surface area contributed by atoms with Crippen LogP contribution in [0.3, 0.4) is 0 Å². The summed E-state index contributed by atoms with van der Waals surface area (Å²) >= 11 is 0. The van der Waals surface area contributed by atoms with Crippen LogP contribution in [0.15, 0.2) is 60.9 Å². The van der Waals surface area contributed by atoms with Gasteiger partial charge in [-0.25, -0.2) is 14.4 Å². The van der Waals surface area contributed by atoms with Crippen molar-refractivity contribution in [3.63, 3.8) is 0 Å². The van der Waals surface area contributed by atoms with E-state index < -0.39 is 11.7 Å². The second-order valence-electron chi connectivity index (χ2n) is 9.35. The SMILES string of the molecule is COc1cc2ncnc(Nc3ccc(C(=O)Nc4cc(F)ccc4N)cc3)c2cc1OCCCC1COCCN1. The van der Waals surface area contributed by atoms with Crippen molar-refractivity contribution in [2.24, 2.45) is 0 Å². The van der Waals surface area contributed by atoms with Gasteiger partial charge in [-0.3, -0.25) is 4.79 Å². The minimum atomic E-state index is -0.487. The number of nitrogens with two attached hydrogens (primary N) is 1. The lowest BCUT2D eigenvalue weighted by molar-refractivity contribution is 0.0721. The van der Waals surface area contributed by atoms with Crippen molar-refractivity contribution in [3.05, 3.63) is 72.3 Å². The molecule has 1 atom stereocenters. The molecule has 0 spiro atoms. The molecule has 10 nitrogen and oxygen atoms in total. The largest absolute Gasteiger partial charge is 0.493 e. The second kappa shape index (κ2) is 12.6. The van der Waals surface area contributed by atoms with Crippen LogP contribution >= 0.6 is 0 Å². The Balaban J connectivity index is 1.27. The Kier molecular flexibility index (Phi) is 8.53. The highest BCUT2D eigenvalue weighted by Gasteiger charge is 2.15. The van der Waals surface area contributed by atoms with Crippen molar-refractivity contribution < 1.29 is 23.4 Å². The maximum absolute atomic E-state index is 13.5. The molecular weight excluding hydrogens is 515 g/mol. The summed E-state index contributed by atoms with van der Waals surface area (Å²) in [6.07, 6.45) is 3.29. The normalized spacial score (nSPS) is 15.0. The van der Waals surface area contributed by atoms with Crippen LogP contribution in [-0.4, -0.2) is 55.4 Å². The molecule has 0 bridgehead atoms. The zero-order valence-electron chi connectivity index (χ0n) is 22.1. The topological polar surface area (TPSA) is 133 Å². The van der Waals surface area contributed by atoms with E-state index in [1.54, 1.807) is 31.4 Å². The highest BCUT2D eigenvalue weighted by atomic mass is 19.1. The number of amides is 1. The summed E-state index contributed by atoms with van der Waals surface area (Å²) in [4.78, 5) is 21.5. The highest BCUT2D eigenvalue weighted by Crippen LogP contribution is 2.35. The Bertz CT molecular complexity index is 1480. The molecule has 4 aromatic rings. The molecule has 0 radical (unpaired) electrons. The van der Waals surface area contributed by atoms with Crippen LogP contribution in [0, 0.1) is 5.82 Å². The predicted octanol–water partition coefficient (Wildman–Crippen LogP) is 4.50. The summed E-state index contributed by atoms with van der Waals surface area (Å²) in [6, 6.07) is 14.7. The number of methoxy groups -OCH3 is 1. The molecule has 5 N–H and O–H groups in total. The van der Waals surface area contributed by atoms with Crippen molar-refractivity contribution in [1.29, 1.82) is 0 Å². The highest BCUT2D eigenvalue weighted by molar-refractivity contribution is 6.06. The van der Waals surface area contributed by atoms with Gasteiger partial charge >= 0.3 is 0 Å². The van der Waals surface area contributed by atoms with Crippen LogP contribution in [-0.2, 0) is 4.74 Å². The van der Waals surface area contributed by atoms with Gasteiger partial charge in [0.1, 0.15) is 18.0 Å². The zero-order valence-corrected chi connectivity index (χ0v) is 22.1. The summed E-state index contributed by atoms with van der Waals surface area (Å²) in [5.41, 5.74) is 8.12. The summed E-state index contributed by atoms with van der Waals surface area (Å²) in [6.45, 7) is 2.88. The van der Waals surface area contributed by atoms with E-state index in [0.29, 0.717) is 46.7 Å². The molecule has 208 valence electrons. The van der Waals surface area contributed by atoms with Gasteiger partial charge in [-0.2, -0.15) is 0 Å². The number of nitrogens with one attached hydrogen (secondary N) is 3. The first kappa shape index (κ1) is 27.1. The lowest BCUT2D eigenvalue weighted by Gasteiger charge is -2.23. The third-order valence-corrected chi connectivity index (χ3v) is 6.55. The third kappa shape index (κ3) is 6.56. The van der Waals surface area contributed by atoms with Crippen LogP contribution in [0.1, 0.15) is 23.2 Å². The van der Waals surface area contributed by atoms with E-state index >= 15 is 0 Å². The molecule has 1 aliphatic rings. The summed E-state index contributed by atoms with van der Waals surface area (Å²) in [5.74, 6) is 0.872. The molecule has 1 amide bonds. The Hall–Kier alpha value is -4.48. The summed E-state index contributed by atoms with van der Waals surface area (Å²) in [7, 11) is 1.60. The quantitative estimate of drug-likeness (QED) is 0.168. The van der Waals surface area contributed by atoms with Crippen molar-refractivity contribution in [1.82, 2.24) is 15.3 Å². The van der Waals surface area contributed by atoms with E-state index in [2.05, 4.69) is 25.9 Å². The molecule has 3 aromatic carbocycles. The molecule has 5 rings (SSSR count). The standard InChI is InChI=1S/C29H31FN6O4/c1-38-26-15-24-22(14-27(26)40-11-2-3-21-16-39-12-10-32-21)28(34-17-33-24)35-20-7-4-18(5-8-20)29(37)36-25-13-19(30)6-9-23(25)31/h4-9,13-15,17,21,32H,2-3,10-12,16,31H2,1H3,(H,36,37)(H,33,34,35). The van der Waals surface area contributed by atoms with Gasteiger partial charge in [-0.15, -0.1) is 0 Å². The molecule has 40 heavy (non-hydrogen) atoms. The molecule has 1 aromatic heterocycles. The number of aromatic nitrogens is 2. The average molecular weight is 547 g/mol. The molecule has 0 saturated carbocycles. The number of hydrogen-bond donors (Lipinski definition) is 4. The van der Waals surface area contributed by atoms with Gasteiger partial charge in [-0.1, -0.05) is 0 Å².